The first-order chi connectivity index (χ1) is 8.56. The number of aliphatic hydroxyl groups is 3. The summed E-state index contributed by atoms with van der Waals surface area (Å²) in [5.41, 5.74) is 1.74. The number of aliphatic hydroxyl groups excluding tert-OH is 2. The predicted molar refractivity (Wildman–Crippen MR) is 65.9 cm³/mol. The molecule has 6 heteroatoms. The van der Waals surface area contributed by atoms with Crippen molar-refractivity contribution in [1.82, 2.24) is 10.4 Å². The van der Waals surface area contributed by atoms with Gasteiger partial charge in [-0.2, -0.15) is 0 Å². The molecule has 1 heterocycles. The number of rotatable bonds is 6. The van der Waals surface area contributed by atoms with Crippen LogP contribution in [0.4, 0.5) is 0 Å². The summed E-state index contributed by atoms with van der Waals surface area (Å²) < 4.78 is 0. The molecule has 0 saturated heterocycles. The first-order valence-corrected chi connectivity index (χ1v) is 6.19. The van der Waals surface area contributed by atoms with Crippen LogP contribution in [-0.4, -0.2) is 45.4 Å². The molecule has 0 radical (unpaired) electrons. The van der Waals surface area contributed by atoms with Crippen LogP contribution in [0.5, 0.6) is 0 Å². The molecule has 0 saturated carbocycles. The normalized spacial score (nSPS) is 24.9. The smallest absolute Gasteiger partial charge is 0.167 e. The van der Waals surface area contributed by atoms with E-state index < -0.39 is 12.3 Å². The molecule has 0 aromatic rings. The Morgan fingerprint density at radius 1 is 1.50 bits per heavy atom. The number of hydrogen-bond donors (Lipinski definition) is 4. The monoisotopic (exact) mass is 255 g/mol. The Hall–Kier alpha value is -0.920. The molecule has 1 aliphatic carbocycles. The van der Waals surface area contributed by atoms with E-state index in [1.807, 2.05) is 6.08 Å². The molecule has 2 unspecified atom stereocenters. The Labute approximate surface area is 106 Å². The van der Waals surface area contributed by atoms with Gasteiger partial charge in [-0.1, -0.05) is 11.6 Å². The molecule has 2 aliphatic rings. The molecular formula is C12H19N2O4-. The van der Waals surface area contributed by atoms with Crippen molar-refractivity contribution in [3.8, 4) is 0 Å². The van der Waals surface area contributed by atoms with E-state index in [0.29, 0.717) is 25.1 Å². The zero-order valence-electron chi connectivity index (χ0n) is 10.1. The largest absolute Gasteiger partial charge is 0.754 e. The van der Waals surface area contributed by atoms with Crippen LogP contribution >= 0.6 is 0 Å². The van der Waals surface area contributed by atoms with Crippen LogP contribution in [0.2, 0.25) is 0 Å². The third kappa shape index (κ3) is 3.79. The van der Waals surface area contributed by atoms with Crippen LogP contribution in [0.3, 0.4) is 0 Å². The molecule has 0 spiro atoms. The fraction of sp³-hybridized carbons (Fsp3) is 0.667. The predicted octanol–water partition coefficient (Wildman–Crippen LogP) is -0.229. The molecule has 0 bridgehead atoms. The Balaban J connectivity index is 1.80. The van der Waals surface area contributed by atoms with Crippen LogP contribution < -0.4 is 5.32 Å². The van der Waals surface area contributed by atoms with E-state index >= 15 is 0 Å². The molecule has 1 aliphatic heterocycles. The van der Waals surface area contributed by atoms with Gasteiger partial charge in [0.25, 0.3) is 0 Å². The van der Waals surface area contributed by atoms with Crippen molar-refractivity contribution < 1.29 is 15.3 Å². The average molecular weight is 255 g/mol. The van der Waals surface area contributed by atoms with Gasteiger partial charge < -0.3 is 30.9 Å². The summed E-state index contributed by atoms with van der Waals surface area (Å²) in [6.07, 6.45) is 4.33. The summed E-state index contributed by atoms with van der Waals surface area (Å²) >= 11 is 0. The second-order valence-electron chi connectivity index (χ2n) is 4.84. The summed E-state index contributed by atoms with van der Waals surface area (Å²) in [6, 6.07) is -0.485. The van der Waals surface area contributed by atoms with Crippen LogP contribution in [0.1, 0.15) is 25.7 Å². The first-order valence-electron chi connectivity index (χ1n) is 6.19. The van der Waals surface area contributed by atoms with Crippen LogP contribution in [0, 0.1) is 5.21 Å². The van der Waals surface area contributed by atoms with Crippen molar-refractivity contribution in [3.63, 3.8) is 0 Å². The molecular weight excluding hydrogens is 236 g/mol. The molecule has 6 nitrogen and oxygen atoms in total. The van der Waals surface area contributed by atoms with E-state index in [9.17, 15) is 20.5 Å². The summed E-state index contributed by atoms with van der Waals surface area (Å²) in [5.74, 6) is 0. The summed E-state index contributed by atoms with van der Waals surface area (Å²) in [4.78, 5) is 0. The van der Waals surface area contributed by atoms with E-state index in [1.165, 1.54) is 6.20 Å². The van der Waals surface area contributed by atoms with Crippen LogP contribution in [-0.2, 0) is 0 Å². The Bertz CT molecular complexity index is 354. The minimum Gasteiger partial charge on any atom is -0.754 e. The lowest BCUT2D eigenvalue weighted by Gasteiger charge is -2.25. The van der Waals surface area contributed by atoms with Crippen molar-refractivity contribution in [3.05, 3.63) is 28.8 Å². The molecule has 2 atom stereocenters. The van der Waals surface area contributed by atoms with Crippen molar-refractivity contribution in [2.45, 2.75) is 44.1 Å². The van der Waals surface area contributed by atoms with Gasteiger partial charge in [0.15, 0.2) is 6.29 Å². The fourth-order valence-electron chi connectivity index (χ4n) is 2.09. The Kier molecular flexibility index (Phi) is 4.36. The maximum Gasteiger partial charge on any atom is 0.167 e. The topological polar surface area (TPSA) is 98.8 Å². The summed E-state index contributed by atoms with van der Waals surface area (Å²) in [6.45, 7) is 0.349. The Morgan fingerprint density at radius 3 is 2.72 bits per heavy atom. The number of nitrogens with one attached hydrogen (secondary N) is 1. The SMILES string of the molecule is [O-]N1C=C1CNC(CC1=CCC(O)CC1)C(O)O. The minimum absolute atomic E-state index is 0.273. The van der Waals surface area contributed by atoms with E-state index in [1.54, 1.807) is 0 Å². The van der Waals surface area contributed by atoms with Crippen molar-refractivity contribution in [2.24, 2.45) is 0 Å². The van der Waals surface area contributed by atoms with Gasteiger partial charge in [-0.15, -0.1) is 0 Å². The first kappa shape index (κ1) is 13.5. The van der Waals surface area contributed by atoms with Crippen LogP contribution in [0.25, 0.3) is 0 Å². The number of hydroxylamine groups is 2. The highest BCUT2D eigenvalue weighted by Gasteiger charge is 2.22. The zero-order chi connectivity index (χ0) is 13.1. The lowest BCUT2D eigenvalue weighted by molar-refractivity contribution is -0.0663. The molecule has 0 aromatic carbocycles. The second kappa shape index (κ2) is 5.81. The molecule has 18 heavy (non-hydrogen) atoms. The van der Waals surface area contributed by atoms with Crippen LogP contribution in [0.15, 0.2) is 23.5 Å². The van der Waals surface area contributed by atoms with Gasteiger partial charge >= 0.3 is 0 Å². The van der Waals surface area contributed by atoms with Gasteiger partial charge in [-0.05, 0) is 25.7 Å². The molecule has 4 N–H and O–H groups in total. The minimum atomic E-state index is -1.46. The molecule has 0 aromatic heterocycles. The van der Waals surface area contributed by atoms with Gasteiger partial charge in [-0.25, -0.2) is 0 Å². The van der Waals surface area contributed by atoms with Crippen molar-refractivity contribution in [2.75, 3.05) is 6.54 Å². The highest BCUT2D eigenvalue weighted by atomic mass is 16.5. The highest BCUT2D eigenvalue weighted by Crippen LogP contribution is 2.23. The maximum atomic E-state index is 10.7. The van der Waals surface area contributed by atoms with Crippen molar-refractivity contribution >= 4 is 0 Å². The van der Waals surface area contributed by atoms with Gasteiger partial charge in [0.1, 0.15) is 0 Å². The van der Waals surface area contributed by atoms with E-state index in [2.05, 4.69) is 5.32 Å². The van der Waals surface area contributed by atoms with E-state index in [4.69, 9.17) is 0 Å². The molecule has 0 fully saturated rings. The van der Waals surface area contributed by atoms with Gasteiger partial charge in [0.05, 0.1) is 12.1 Å². The maximum absolute atomic E-state index is 10.7. The second-order valence-corrected chi connectivity index (χ2v) is 4.84. The third-order valence-electron chi connectivity index (χ3n) is 3.35. The third-order valence-corrected chi connectivity index (χ3v) is 3.35. The van der Waals surface area contributed by atoms with Gasteiger partial charge in [0.2, 0.25) is 0 Å². The average Bonchev–Trinajstić information content (AvgIpc) is 3.03. The lowest BCUT2D eigenvalue weighted by Crippen LogP contribution is -2.41. The van der Waals surface area contributed by atoms with E-state index in [-0.39, 0.29) is 6.10 Å². The molecule has 102 valence electrons. The standard InChI is InChI=1S/C12H19N2O4/c15-10-3-1-8(2-4-10)5-11(12(16)17)13-6-9-7-14(9)18/h1,7,10-13,15-17H,2-6H2/q-1. The van der Waals surface area contributed by atoms with Gasteiger partial charge in [0, 0.05) is 18.4 Å². The molecule has 2 rings (SSSR count). The summed E-state index contributed by atoms with van der Waals surface area (Å²) in [7, 11) is 0. The number of hydrogen-bond acceptors (Lipinski definition) is 6. The quantitative estimate of drug-likeness (QED) is 0.386. The number of nitrogens with zero attached hydrogens (tertiary/aromatic N) is 1. The van der Waals surface area contributed by atoms with E-state index in [0.717, 1.165) is 23.5 Å². The fourth-order valence-corrected chi connectivity index (χ4v) is 2.09. The summed E-state index contributed by atoms with van der Waals surface area (Å²) in [5, 5.41) is 42.4. The lowest BCUT2D eigenvalue weighted by atomic mass is 9.92. The highest BCUT2D eigenvalue weighted by molar-refractivity contribution is 5.21. The molecule has 0 amide bonds. The Morgan fingerprint density at radius 2 is 2.22 bits per heavy atom. The van der Waals surface area contributed by atoms with Gasteiger partial charge in [-0.3, -0.25) is 0 Å². The zero-order valence-corrected chi connectivity index (χ0v) is 10.1. The van der Waals surface area contributed by atoms with Crippen molar-refractivity contribution in [1.29, 1.82) is 0 Å².